The number of carbonyl (C=O) groups excluding carboxylic acids is 1. The largest absolute Gasteiger partial charge is 0.467 e. The molecule has 0 saturated carbocycles. The third-order valence-corrected chi connectivity index (χ3v) is 5.10. The van der Waals surface area contributed by atoms with Crippen molar-refractivity contribution in [3.05, 3.63) is 34.7 Å². The van der Waals surface area contributed by atoms with Gasteiger partial charge in [-0.2, -0.15) is 5.10 Å². The third-order valence-electron chi connectivity index (χ3n) is 4.09. The monoisotopic (exact) mass is 329 g/mol. The van der Waals surface area contributed by atoms with Gasteiger partial charge in [-0.1, -0.05) is 0 Å². The molecule has 0 saturated heterocycles. The molecular formula is C15H15N5O2S. The predicted octanol–water partition coefficient (Wildman–Crippen LogP) is 1.97. The Hall–Kier alpha value is -2.48. The summed E-state index contributed by atoms with van der Waals surface area (Å²) in [5.74, 6) is 0.446. The zero-order valence-electron chi connectivity index (χ0n) is 13.0. The molecule has 0 bridgehead atoms. The van der Waals surface area contributed by atoms with Crippen LogP contribution >= 0.6 is 11.3 Å². The van der Waals surface area contributed by atoms with E-state index < -0.39 is 6.04 Å². The lowest BCUT2D eigenvalue weighted by Gasteiger charge is -2.24. The molecule has 1 aliphatic heterocycles. The first-order chi connectivity index (χ1) is 11.1. The van der Waals surface area contributed by atoms with Gasteiger partial charge in [0.1, 0.15) is 17.0 Å². The fourth-order valence-electron chi connectivity index (χ4n) is 3.10. The van der Waals surface area contributed by atoms with Gasteiger partial charge in [0.05, 0.1) is 24.7 Å². The number of methoxy groups -OCH3 is 1. The van der Waals surface area contributed by atoms with Crippen molar-refractivity contribution in [3.8, 4) is 0 Å². The first-order valence-corrected chi connectivity index (χ1v) is 8.03. The number of anilines is 1. The van der Waals surface area contributed by atoms with Gasteiger partial charge < -0.3 is 9.64 Å². The zero-order chi connectivity index (χ0) is 16.1. The zero-order valence-corrected chi connectivity index (χ0v) is 13.8. The van der Waals surface area contributed by atoms with Crippen molar-refractivity contribution in [2.45, 2.75) is 19.5 Å². The Morgan fingerprint density at radius 2 is 2.26 bits per heavy atom. The first-order valence-electron chi connectivity index (χ1n) is 7.16. The van der Waals surface area contributed by atoms with E-state index in [2.05, 4.69) is 20.4 Å². The molecular weight excluding hydrogens is 314 g/mol. The molecule has 0 aromatic carbocycles. The van der Waals surface area contributed by atoms with Crippen LogP contribution in [-0.2, 0) is 23.1 Å². The molecule has 0 amide bonds. The Kier molecular flexibility index (Phi) is 3.08. The normalized spacial score (nSPS) is 16.8. The molecule has 0 radical (unpaired) electrons. The average Bonchev–Trinajstić information content (AvgIpc) is 3.18. The Morgan fingerprint density at radius 3 is 3.04 bits per heavy atom. The van der Waals surface area contributed by atoms with Crippen LogP contribution < -0.4 is 4.90 Å². The fourth-order valence-corrected chi connectivity index (χ4v) is 3.99. The molecule has 0 spiro atoms. The Balaban J connectivity index is 1.89. The van der Waals surface area contributed by atoms with Gasteiger partial charge in [0, 0.05) is 18.8 Å². The average molecular weight is 329 g/mol. The van der Waals surface area contributed by atoms with Crippen molar-refractivity contribution in [1.29, 1.82) is 0 Å². The van der Waals surface area contributed by atoms with Crippen molar-refractivity contribution in [3.63, 3.8) is 0 Å². The summed E-state index contributed by atoms with van der Waals surface area (Å²) in [6, 6.07) is -0.527. The molecule has 8 heteroatoms. The molecule has 23 heavy (non-hydrogen) atoms. The van der Waals surface area contributed by atoms with Crippen LogP contribution in [0, 0.1) is 6.92 Å². The number of aromatic nitrogens is 4. The van der Waals surface area contributed by atoms with E-state index in [1.54, 1.807) is 22.3 Å². The van der Waals surface area contributed by atoms with E-state index in [-0.39, 0.29) is 5.97 Å². The Bertz CT molecular complexity index is 916. The van der Waals surface area contributed by atoms with E-state index in [1.165, 1.54) is 7.11 Å². The van der Waals surface area contributed by atoms with E-state index in [4.69, 9.17) is 4.74 Å². The minimum Gasteiger partial charge on any atom is -0.467 e. The second-order valence-electron chi connectivity index (χ2n) is 5.55. The summed E-state index contributed by atoms with van der Waals surface area (Å²) < 4.78 is 6.74. The molecule has 1 unspecified atom stereocenters. The molecule has 0 aliphatic carbocycles. The van der Waals surface area contributed by atoms with Gasteiger partial charge in [-0.25, -0.2) is 14.8 Å². The van der Waals surface area contributed by atoms with Crippen LogP contribution in [0.1, 0.15) is 22.9 Å². The maximum atomic E-state index is 12.4. The highest BCUT2D eigenvalue weighted by molar-refractivity contribution is 7.17. The van der Waals surface area contributed by atoms with Crippen molar-refractivity contribution in [2.75, 3.05) is 12.0 Å². The number of thiophene rings is 1. The minimum absolute atomic E-state index is 0.309. The van der Waals surface area contributed by atoms with E-state index in [9.17, 15) is 4.79 Å². The fraction of sp³-hybridized carbons (Fsp3) is 0.333. The van der Waals surface area contributed by atoms with Crippen molar-refractivity contribution in [2.24, 2.45) is 7.05 Å². The molecule has 0 N–H and O–H groups in total. The van der Waals surface area contributed by atoms with Crippen LogP contribution in [0.5, 0.6) is 0 Å². The van der Waals surface area contributed by atoms with Gasteiger partial charge in [-0.15, -0.1) is 11.3 Å². The van der Waals surface area contributed by atoms with Gasteiger partial charge in [0.2, 0.25) is 0 Å². The van der Waals surface area contributed by atoms with Crippen molar-refractivity contribution >= 4 is 33.3 Å². The standard InChI is InChI=1S/C15H15N5O2S/c1-8-6-23-14-11(8)13(16-7-17-14)20-5-10-9(4-19(2)18-10)12(20)15(21)22-3/h4,6-7,12H,5H2,1-3H3. The number of hydrogen-bond acceptors (Lipinski definition) is 7. The minimum atomic E-state index is -0.527. The Morgan fingerprint density at radius 1 is 1.43 bits per heavy atom. The molecule has 7 nitrogen and oxygen atoms in total. The van der Waals surface area contributed by atoms with Gasteiger partial charge >= 0.3 is 5.97 Å². The van der Waals surface area contributed by atoms with Gasteiger partial charge in [-0.3, -0.25) is 4.68 Å². The molecule has 3 aromatic heterocycles. The molecule has 4 rings (SSSR count). The molecule has 1 aliphatic rings. The first kappa shape index (κ1) is 14.1. The lowest BCUT2D eigenvalue weighted by molar-refractivity contribution is -0.142. The lowest BCUT2D eigenvalue weighted by Crippen LogP contribution is -2.30. The molecule has 0 fully saturated rings. The number of ether oxygens (including phenoxy) is 1. The number of esters is 1. The second-order valence-corrected chi connectivity index (χ2v) is 6.41. The molecule has 118 valence electrons. The van der Waals surface area contributed by atoms with Gasteiger partial charge in [0.25, 0.3) is 0 Å². The third kappa shape index (κ3) is 2.02. The summed E-state index contributed by atoms with van der Waals surface area (Å²) in [5, 5.41) is 7.49. The summed E-state index contributed by atoms with van der Waals surface area (Å²) in [6.45, 7) is 2.55. The number of nitrogens with zero attached hydrogens (tertiary/aromatic N) is 5. The highest BCUT2D eigenvalue weighted by Gasteiger charge is 2.40. The molecule has 1 atom stereocenters. The van der Waals surface area contributed by atoms with E-state index in [1.807, 2.05) is 25.1 Å². The van der Waals surface area contributed by atoms with Crippen LogP contribution in [0.3, 0.4) is 0 Å². The maximum absolute atomic E-state index is 12.4. The van der Waals surface area contributed by atoms with E-state index >= 15 is 0 Å². The summed E-state index contributed by atoms with van der Waals surface area (Å²) in [5.41, 5.74) is 2.86. The quantitative estimate of drug-likeness (QED) is 0.669. The highest BCUT2D eigenvalue weighted by atomic mass is 32.1. The summed E-state index contributed by atoms with van der Waals surface area (Å²) >= 11 is 1.58. The van der Waals surface area contributed by atoms with Gasteiger partial charge in [-0.05, 0) is 17.9 Å². The van der Waals surface area contributed by atoms with Crippen molar-refractivity contribution < 1.29 is 9.53 Å². The number of aryl methyl sites for hydroxylation is 2. The van der Waals surface area contributed by atoms with Crippen LogP contribution in [0.4, 0.5) is 5.82 Å². The van der Waals surface area contributed by atoms with Crippen LogP contribution in [0.25, 0.3) is 10.2 Å². The maximum Gasteiger partial charge on any atom is 0.333 e. The van der Waals surface area contributed by atoms with Crippen LogP contribution in [0.15, 0.2) is 17.9 Å². The number of carbonyl (C=O) groups is 1. The summed E-state index contributed by atoms with van der Waals surface area (Å²) in [4.78, 5) is 24.0. The number of rotatable bonds is 2. The predicted molar refractivity (Wildman–Crippen MR) is 86.3 cm³/mol. The molecule has 4 heterocycles. The smallest absolute Gasteiger partial charge is 0.333 e. The summed E-state index contributed by atoms with van der Waals surface area (Å²) in [7, 11) is 3.25. The lowest BCUT2D eigenvalue weighted by atomic mass is 10.1. The molecule has 3 aromatic rings. The second kappa shape index (κ2) is 5.02. The van der Waals surface area contributed by atoms with E-state index in [0.29, 0.717) is 6.54 Å². The number of fused-ring (bicyclic) bond motifs is 2. The number of hydrogen-bond donors (Lipinski definition) is 0. The highest BCUT2D eigenvalue weighted by Crippen LogP contribution is 2.40. The SMILES string of the molecule is COC(=O)C1c2cn(C)nc2CN1c1ncnc2scc(C)c12. The Labute approximate surface area is 136 Å². The van der Waals surface area contributed by atoms with E-state index in [0.717, 1.165) is 32.9 Å². The van der Waals surface area contributed by atoms with Gasteiger partial charge in [0.15, 0.2) is 6.04 Å². The topological polar surface area (TPSA) is 73.1 Å². The summed E-state index contributed by atoms with van der Waals surface area (Å²) in [6.07, 6.45) is 3.41. The van der Waals surface area contributed by atoms with Crippen molar-refractivity contribution in [1.82, 2.24) is 19.7 Å². The van der Waals surface area contributed by atoms with Crippen LogP contribution in [-0.4, -0.2) is 32.8 Å². The van der Waals surface area contributed by atoms with Crippen LogP contribution in [0.2, 0.25) is 0 Å².